The molecule has 0 spiro atoms. The van der Waals surface area contributed by atoms with Crippen molar-refractivity contribution in [3.05, 3.63) is 30.1 Å². The number of ketones is 1. The first-order chi connectivity index (χ1) is 17.5. The zero-order valence-corrected chi connectivity index (χ0v) is 25.4. The number of nitrogens with one attached hydrogen (secondary N) is 1. The standard InChI is InChI=1S/C26H41ClN4O6Si/c1-10-13-36-25(35)23(27)31-20(22(24(31)34)17(3)37-38(8,9)26(5,6)7)15-21(33)19-14-16(2)30(29-19)12-11-28-18(4)32/h10,14,17,20,22-23H,1,11-13,15H2,2-9H3,(H,28,32)/t17-,20-,22-,23?/m1/s1. The van der Waals surface area contributed by atoms with E-state index in [-0.39, 0.29) is 41.4 Å². The van der Waals surface area contributed by atoms with Crippen LogP contribution in [0.3, 0.4) is 0 Å². The van der Waals surface area contributed by atoms with Gasteiger partial charge in [-0.05, 0) is 38.0 Å². The summed E-state index contributed by atoms with van der Waals surface area (Å²) in [7, 11) is -2.23. The van der Waals surface area contributed by atoms with E-state index in [4.69, 9.17) is 20.8 Å². The van der Waals surface area contributed by atoms with Crippen molar-refractivity contribution in [3.8, 4) is 0 Å². The number of rotatable bonds is 13. The number of nitrogens with zero attached hydrogens (tertiary/aromatic N) is 3. The summed E-state index contributed by atoms with van der Waals surface area (Å²) in [4.78, 5) is 51.5. The van der Waals surface area contributed by atoms with Crippen molar-refractivity contribution in [2.24, 2.45) is 5.92 Å². The molecule has 10 nitrogen and oxygen atoms in total. The first-order valence-corrected chi connectivity index (χ1v) is 16.1. The molecule has 0 aliphatic carbocycles. The Hall–Kier alpha value is -2.50. The minimum Gasteiger partial charge on any atom is -0.459 e. The summed E-state index contributed by atoms with van der Waals surface area (Å²) in [6, 6.07) is 1.00. The summed E-state index contributed by atoms with van der Waals surface area (Å²) in [5.41, 5.74) is -0.384. The summed E-state index contributed by atoms with van der Waals surface area (Å²) >= 11 is 6.37. The summed E-state index contributed by atoms with van der Waals surface area (Å²) in [5.74, 6) is -2.23. The zero-order chi connectivity index (χ0) is 29.0. The molecule has 1 fully saturated rings. The van der Waals surface area contributed by atoms with Gasteiger partial charge in [0.25, 0.3) is 0 Å². The monoisotopic (exact) mass is 568 g/mol. The van der Waals surface area contributed by atoms with Gasteiger partial charge in [0, 0.05) is 25.6 Å². The van der Waals surface area contributed by atoms with Crippen molar-refractivity contribution < 1.29 is 28.3 Å². The van der Waals surface area contributed by atoms with Gasteiger partial charge in [0.1, 0.15) is 12.3 Å². The molecule has 4 atom stereocenters. The van der Waals surface area contributed by atoms with Gasteiger partial charge in [-0.3, -0.25) is 19.1 Å². The minimum absolute atomic E-state index is 0.0445. The third-order valence-corrected chi connectivity index (χ3v) is 12.2. The van der Waals surface area contributed by atoms with Crippen LogP contribution in [0, 0.1) is 12.8 Å². The fraction of sp³-hybridized carbons (Fsp3) is 0.654. The molecular weight excluding hydrogens is 528 g/mol. The second kappa shape index (κ2) is 12.6. The molecule has 1 aliphatic heterocycles. The Bertz CT molecular complexity index is 1070. The lowest BCUT2D eigenvalue weighted by molar-refractivity contribution is -0.172. The first-order valence-electron chi connectivity index (χ1n) is 12.8. The van der Waals surface area contributed by atoms with Crippen LogP contribution in [0.2, 0.25) is 18.1 Å². The number of amides is 2. The average molecular weight is 569 g/mol. The van der Waals surface area contributed by atoms with Crippen LogP contribution in [0.15, 0.2) is 18.7 Å². The maximum absolute atomic E-state index is 13.3. The smallest absolute Gasteiger partial charge is 0.344 e. The van der Waals surface area contributed by atoms with E-state index in [1.54, 1.807) is 10.7 Å². The van der Waals surface area contributed by atoms with Crippen LogP contribution < -0.4 is 5.32 Å². The maximum Gasteiger partial charge on any atom is 0.344 e. The zero-order valence-electron chi connectivity index (χ0n) is 23.7. The van der Waals surface area contributed by atoms with Gasteiger partial charge >= 0.3 is 5.97 Å². The lowest BCUT2D eigenvalue weighted by Gasteiger charge is -2.52. The number of hydrogen-bond acceptors (Lipinski definition) is 7. The topological polar surface area (TPSA) is 120 Å². The largest absolute Gasteiger partial charge is 0.459 e. The van der Waals surface area contributed by atoms with Gasteiger partial charge < -0.3 is 19.4 Å². The van der Waals surface area contributed by atoms with E-state index < -0.39 is 37.9 Å². The van der Waals surface area contributed by atoms with Gasteiger partial charge in [-0.2, -0.15) is 5.10 Å². The van der Waals surface area contributed by atoms with Crippen molar-refractivity contribution in [3.63, 3.8) is 0 Å². The van der Waals surface area contributed by atoms with Crippen molar-refractivity contribution in [2.45, 2.75) is 90.3 Å². The SMILES string of the molecule is C=CCOC(=O)C(Cl)N1C(=O)[C@H]([C@@H](C)O[Si](C)(C)C(C)(C)C)[C@H]1CC(=O)c1cc(C)n(CCNC(C)=O)n1. The van der Waals surface area contributed by atoms with E-state index in [9.17, 15) is 19.2 Å². The highest BCUT2D eigenvalue weighted by Gasteiger charge is 2.56. The van der Waals surface area contributed by atoms with Crippen LogP contribution in [0.4, 0.5) is 0 Å². The Morgan fingerprint density at radius 3 is 2.50 bits per heavy atom. The highest BCUT2D eigenvalue weighted by Crippen LogP contribution is 2.42. The van der Waals surface area contributed by atoms with Crippen LogP contribution in [-0.2, 0) is 30.1 Å². The molecule has 0 radical (unpaired) electrons. The number of Topliss-reactive ketones (excluding diaryl/α,β-unsaturated/α-hetero) is 1. The van der Waals surface area contributed by atoms with E-state index in [0.717, 1.165) is 5.69 Å². The number of esters is 1. The number of halogens is 1. The van der Waals surface area contributed by atoms with Crippen LogP contribution in [0.5, 0.6) is 0 Å². The third-order valence-electron chi connectivity index (χ3n) is 7.25. The number of likely N-dealkylation sites (tertiary alicyclic amines) is 1. The maximum atomic E-state index is 13.3. The summed E-state index contributed by atoms with van der Waals surface area (Å²) in [6.45, 7) is 19.8. The number of carbonyl (C=O) groups excluding carboxylic acids is 4. The molecule has 1 aliphatic rings. The van der Waals surface area contributed by atoms with Crippen LogP contribution in [0.25, 0.3) is 0 Å². The normalized spacial score (nSPS) is 19.4. The number of β-lactam (4-membered cyclic amide) rings is 1. The van der Waals surface area contributed by atoms with Crippen LogP contribution >= 0.6 is 11.6 Å². The van der Waals surface area contributed by atoms with Crippen molar-refractivity contribution in [2.75, 3.05) is 13.2 Å². The number of aromatic nitrogens is 2. The van der Waals surface area contributed by atoms with E-state index in [0.29, 0.717) is 13.1 Å². The van der Waals surface area contributed by atoms with Gasteiger partial charge in [0.05, 0.1) is 24.6 Å². The minimum atomic E-state index is -2.23. The highest BCUT2D eigenvalue weighted by molar-refractivity contribution is 6.74. The van der Waals surface area contributed by atoms with E-state index >= 15 is 0 Å². The summed E-state index contributed by atoms with van der Waals surface area (Å²) in [5, 5.41) is 7.02. The highest BCUT2D eigenvalue weighted by atomic mass is 35.5. The second-order valence-electron chi connectivity index (χ2n) is 11.2. The number of aryl methyl sites for hydroxylation is 1. The Morgan fingerprint density at radius 2 is 1.95 bits per heavy atom. The molecule has 1 aromatic heterocycles. The molecular formula is C26H41ClN4O6Si. The van der Waals surface area contributed by atoms with Gasteiger partial charge in [-0.15, -0.1) is 0 Å². The molecule has 1 saturated heterocycles. The third kappa shape index (κ3) is 7.32. The fourth-order valence-corrected chi connectivity index (χ4v) is 5.89. The van der Waals surface area contributed by atoms with Crippen molar-refractivity contribution in [1.82, 2.24) is 20.0 Å². The second-order valence-corrected chi connectivity index (χ2v) is 16.4. The number of alkyl halides is 1. The van der Waals surface area contributed by atoms with E-state index in [1.165, 1.54) is 17.9 Å². The van der Waals surface area contributed by atoms with Gasteiger partial charge in [-0.25, -0.2) is 4.79 Å². The Balaban J connectivity index is 2.28. The molecule has 0 saturated carbocycles. The lowest BCUT2D eigenvalue weighted by Crippen LogP contribution is -2.69. The van der Waals surface area contributed by atoms with Crippen LogP contribution in [-0.4, -0.2) is 77.4 Å². The number of ether oxygens (including phenoxy) is 1. The molecule has 2 rings (SSSR count). The predicted molar refractivity (Wildman–Crippen MR) is 147 cm³/mol. The van der Waals surface area contributed by atoms with E-state index in [2.05, 4.69) is 50.9 Å². The quantitative estimate of drug-likeness (QED) is 0.0736. The number of hydrogen-bond donors (Lipinski definition) is 1. The molecule has 1 unspecified atom stereocenters. The van der Waals surface area contributed by atoms with Crippen molar-refractivity contribution in [1.29, 1.82) is 0 Å². The van der Waals surface area contributed by atoms with Crippen LogP contribution in [0.1, 0.15) is 57.2 Å². The Morgan fingerprint density at radius 1 is 1.32 bits per heavy atom. The molecule has 2 amide bonds. The summed E-state index contributed by atoms with van der Waals surface area (Å²) < 4.78 is 13.2. The Labute approximate surface area is 231 Å². The summed E-state index contributed by atoms with van der Waals surface area (Å²) in [6.07, 6.45) is 0.840. The predicted octanol–water partition coefficient (Wildman–Crippen LogP) is 3.43. The average Bonchev–Trinajstić information content (AvgIpc) is 3.16. The van der Waals surface area contributed by atoms with Crippen molar-refractivity contribution >= 4 is 43.5 Å². The molecule has 0 aromatic carbocycles. The molecule has 1 N–H and O–H groups in total. The fourth-order valence-electron chi connectivity index (χ4n) is 4.15. The molecule has 38 heavy (non-hydrogen) atoms. The number of carbonyl (C=O) groups is 4. The first kappa shape index (κ1) is 31.7. The molecule has 0 bridgehead atoms. The molecule has 12 heteroatoms. The molecule has 212 valence electrons. The van der Waals surface area contributed by atoms with Gasteiger partial charge in [0.15, 0.2) is 14.1 Å². The van der Waals surface area contributed by atoms with Gasteiger partial charge in [-0.1, -0.05) is 45.0 Å². The lowest BCUT2D eigenvalue weighted by atomic mass is 9.80. The van der Waals surface area contributed by atoms with E-state index in [1.807, 2.05) is 13.8 Å². The molecule has 1 aromatic rings. The van der Waals surface area contributed by atoms with Gasteiger partial charge in [0.2, 0.25) is 17.3 Å². The molecule has 2 heterocycles. The Kier molecular flexibility index (Phi) is 10.5.